The van der Waals surface area contributed by atoms with Crippen LogP contribution in [0.15, 0.2) is 78.9 Å². The van der Waals surface area contributed by atoms with Crippen LogP contribution >= 0.6 is 0 Å². The van der Waals surface area contributed by atoms with Crippen LogP contribution in [0.4, 0.5) is 0 Å². The third-order valence-corrected chi connectivity index (χ3v) is 5.13. The second kappa shape index (κ2) is 5.57. The molecule has 0 saturated heterocycles. The molecule has 0 spiro atoms. The Morgan fingerprint density at radius 3 is 2.15 bits per heavy atom. The Labute approximate surface area is 151 Å². The molecule has 5 aromatic rings. The van der Waals surface area contributed by atoms with Crippen molar-refractivity contribution < 1.29 is 4.79 Å². The summed E-state index contributed by atoms with van der Waals surface area (Å²) in [6.45, 7) is 1.97. The van der Waals surface area contributed by atoms with Crippen molar-refractivity contribution in [3.05, 3.63) is 95.7 Å². The SMILES string of the molecule is Cc1[nH]c2ccccc2c1C(=O)c1cc2ccccc2c2ccccc12. The smallest absolute Gasteiger partial charge is 0.196 e. The van der Waals surface area contributed by atoms with Crippen molar-refractivity contribution in [3.8, 4) is 0 Å². The highest BCUT2D eigenvalue weighted by Gasteiger charge is 2.20. The largest absolute Gasteiger partial charge is 0.358 e. The van der Waals surface area contributed by atoms with E-state index >= 15 is 0 Å². The molecule has 5 rings (SSSR count). The van der Waals surface area contributed by atoms with Gasteiger partial charge in [0.1, 0.15) is 0 Å². The molecule has 2 heteroatoms. The monoisotopic (exact) mass is 335 g/mol. The molecule has 1 N–H and O–H groups in total. The van der Waals surface area contributed by atoms with Crippen LogP contribution in [0.3, 0.4) is 0 Å². The quantitative estimate of drug-likeness (QED) is 0.311. The maximum atomic E-state index is 13.6. The van der Waals surface area contributed by atoms with Crippen LogP contribution in [-0.4, -0.2) is 10.8 Å². The number of aryl methyl sites for hydroxylation is 1. The van der Waals surface area contributed by atoms with Crippen molar-refractivity contribution in [2.75, 3.05) is 0 Å². The number of fused-ring (bicyclic) bond motifs is 4. The van der Waals surface area contributed by atoms with Crippen LogP contribution in [-0.2, 0) is 0 Å². The number of aromatic amines is 1. The summed E-state index contributed by atoms with van der Waals surface area (Å²) >= 11 is 0. The summed E-state index contributed by atoms with van der Waals surface area (Å²) in [5.41, 5.74) is 3.43. The first-order chi connectivity index (χ1) is 12.7. The number of para-hydroxylation sites is 1. The van der Waals surface area contributed by atoms with Gasteiger partial charge in [-0.1, -0.05) is 66.7 Å². The van der Waals surface area contributed by atoms with E-state index in [1.54, 1.807) is 0 Å². The molecule has 2 nitrogen and oxygen atoms in total. The van der Waals surface area contributed by atoms with E-state index in [4.69, 9.17) is 0 Å². The average molecular weight is 335 g/mol. The van der Waals surface area contributed by atoms with Crippen LogP contribution in [0.25, 0.3) is 32.4 Å². The van der Waals surface area contributed by atoms with Crippen molar-refractivity contribution in [2.24, 2.45) is 0 Å². The molecule has 1 heterocycles. The molecule has 0 saturated carbocycles. The average Bonchev–Trinajstić information content (AvgIpc) is 3.02. The number of carbonyl (C=O) groups is 1. The van der Waals surface area contributed by atoms with E-state index in [1.807, 2.05) is 67.6 Å². The van der Waals surface area contributed by atoms with Crippen LogP contribution in [0, 0.1) is 6.92 Å². The van der Waals surface area contributed by atoms with Crippen LogP contribution in [0.2, 0.25) is 0 Å². The lowest BCUT2D eigenvalue weighted by Crippen LogP contribution is -2.04. The van der Waals surface area contributed by atoms with Crippen LogP contribution in [0.1, 0.15) is 21.6 Å². The molecule has 0 aliphatic rings. The first-order valence-electron chi connectivity index (χ1n) is 8.76. The van der Waals surface area contributed by atoms with Gasteiger partial charge in [0.15, 0.2) is 5.78 Å². The van der Waals surface area contributed by atoms with Gasteiger partial charge in [0.05, 0.1) is 5.56 Å². The molecule has 0 amide bonds. The van der Waals surface area contributed by atoms with Gasteiger partial charge in [0.25, 0.3) is 0 Å². The zero-order valence-corrected chi connectivity index (χ0v) is 14.4. The minimum atomic E-state index is 0.0712. The fourth-order valence-corrected chi connectivity index (χ4v) is 3.95. The summed E-state index contributed by atoms with van der Waals surface area (Å²) in [5, 5.41) is 5.36. The zero-order chi connectivity index (χ0) is 17.7. The normalized spacial score (nSPS) is 11.4. The number of rotatable bonds is 2. The Hall–Kier alpha value is -3.39. The van der Waals surface area contributed by atoms with Crippen molar-refractivity contribution in [1.82, 2.24) is 4.98 Å². The topological polar surface area (TPSA) is 32.9 Å². The van der Waals surface area contributed by atoms with Crippen molar-refractivity contribution >= 4 is 38.2 Å². The maximum Gasteiger partial charge on any atom is 0.196 e. The molecule has 0 atom stereocenters. The molecule has 0 bridgehead atoms. The standard InChI is InChI=1S/C24H17NO/c1-15-23(20-12-6-7-13-22(20)25-15)24(26)21-14-16-8-2-3-9-17(16)18-10-4-5-11-19(18)21/h2-14,25H,1H3. The number of ketones is 1. The molecular formula is C24H17NO. The van der Waals surface area contributed by atoms with Crippen molar-refractivity contribution in [2.45, 2.75) is 6.92 Å². The highest BCUT2D eigenvalue weighted by Crippen LogP contribution is 2.32. The Bertz CT molecular complexity index is 1310. The van der Waals surface area contributed by atoms with Gasteiger partial charge in [-0.05, 0) is 40.6 Å². The van der Waals surface area contributed by atoms with E-state index in [-0.39, 0.29) is 5.78 Å². The van der Waals surface area contributed by atoms with Gasteiger partial charge in [0, 0.05) is 22.2 Å². The molecular weight excluding hydrogens is 318 g/mol. The van der Waals surface area contributed by atoms with Gasteiger partial charge < -0.3 is 4.98 Å². The highest BCUT2D eigenvalue weighted by atomic mass is 16.1. The second-order valence-electron chi connectivity index (χ2n) is 6.69. The van der Waals surface area contributed by atoms with Gasteiger partial charge in [-0.2, -0.15) is 0 Å². The van der Waals surface area contributed by atoms with Gasteiger partial charge >= 0.3 is 0 Å². The summed E-state index contributed by atoms with van der Waals surface area (Å²) < 4.78 is 0. The number of aromatic nitrogens is 1. The fraction of sp³-hybridized carbons (Fsp3) is 0.0417. The Morgan fingerprint density at radius 1 is 0.731 bits per heavy atom. The molecule has 26 heavy (non-hydrogen) atoms. The zero-order valence-electron chi connectivity index (χ0n) is 14.4. The molecule has 0 radical (unpaired) electrons. The molecule has 0 unspecified atom stereocenters. The van der Waals surface area contributed by atoms with E-state index < -0.39 is 0 Å². The van der Waals surface area contributed by atoms with Crippen LogP contribution in [0.5, 0.6) is 0 Å². The number of hydrogen-bond donors (Lipinski definition) is 1. The number of hydrogen-bond acceptors (Lipinski definition) is 1. The minimum Gasteiger partial charge on any atom is -0.358 e. The van der Waals surface area contributed by atoms with Crippen molar-refractivity contribution in [1.29, 1.82) is 0 Å². The van der Waals surface area contributed by atoms with Crippen molar-refractivity contribution in [3.63, 3.8) is 0 Å². The first kappa shape index (κ1) is 14.9. The predicted octanol–water partition coefficient (Wildman–Crippen LogP) is 6.01. The number of H-pyrrole nitrogens is 1. The molecule has 4 aromatic carbocycles. The Kier molecular flexibility index (Phi) is 3.19. The van der Waals surface area contributed by atoms with Gasteiger partial charge in [0.2, 0.25) is 0 Å². The van der Waals surface area contributed by atoms with E-state index in [1.165, 1.54) is 5.39 Å². The molecule has 124 valence electrons. The second-order valence-corrected chi connectivity index (χ2v) is 6.69. The third kappa shape index (κ3) is 2.09. The van der Waals surface area contributed by atoms with Gasteiger partial charge in [-0.15, -0.1) is 0 Å². The lowest BCUT2D eigenvalue weighted by atomic mass is 9.92. The Balaban J connectivity index is 1.85. The summed E-state index contributed by atoms with van der Waals surface area (Å²) in [5.74, 6) is 0.0712. The highest BCUT2D eigenvalue weighted by molar-refractivity contribution is 6.25. The van der Waals surface area contributed by atoms with Gasteiger partial charge in [-0.25, -0.2) is 0 Å². The molecule has 0 aliphatic heterocycles. The lowest BCUT2D eigenvalue weighted by Gasteiger charge is -2.10. The maximum absolute atomic E-state index is 13.6. The van der Waals surface area contributed by atoms with E-state index in [0.29, 0.717) is 0 Å². The third-order valence-electron chi connectivity index (χ3n) is 5.13. The minimum absolute atomic E-state index is 0.0712. The van der Waals surface area contributed by atoms with E-state index in [9.17, 15) is 4.79 Å². The summed E-state index contributed by atoms with van der Waals surface area (Å²) in [6.07, 6.45) is 0. The number of benzene rings is 4. The predicted molar refractivity (Wildman–Crippen MR) is 108 cm³/mol. The van der Waals surface area contributed by atoms with Gasteiger partial charge in [-0.3, -0.25) is 4.79 Å². The molecule has 0 aliphatic carbocycles. The summed E-state index contributed by atoms with van der Waals surface area (Å²) in [6, 6.07) is 26.4. The number of carbonyl (C=O) groups excluding carboxylic acids is 1. The number of nitrogens with one attached hydrogen (secondary N) is 1. The summed E-state index contributed by atoms with van der Waals surface area (Å²) in [7, 11) is 0. The molecule has 1 aromatic heterocycles. The lowest BCUT2D eigenvalue weighted by molar-refractivity contribution is 0.104. The first-order valence-corrected chi connectivity index (χ1v) is 8.76. The summed E-state index contributed by atoms with van der Waals surface area (Å²) in [4.78, 5) is 16.9. The van der Waals surface area contributed by atoms with E-state index in [2.05, 4.69) is 23.2 Å². The molecule has 0 fully saturated rings. The van der Waals surface area contributed by atoms with Crippen LogP contribution < -0.4 is 0 Å². The Morgan fingerprint density at radius 2 is 1.35 bits per heavy atom. The fourth-order valence-electron chi connectivity index (χ4n) is 3.95. The van der Waals surface area contributed by atoms with E-state index in [0.717, 1.165) is 43.9 Å².